The van der Waals surface area contributed by atoms with E-state index in [1.807, 2.05) is 24.3 Å². The van der Waals surface area contributed by atoms with E-state index in [2.05, 4.69) is 72.2 Å². The molecular formula is C25H30N2O. The largest absolute Gasteiger partial charge is 0.507 e. The van der Waals surface area contributed by atoms with Crippen molar-refractivity contribution in [3.63, 3.8) is 0 Å². The third kappa shape index (κ3) is 3.80. The van der Waals surface area contributed by atoms with Crippen LogP contribution in [0.4, 0.5) is 0 Å². The van der Waals surface area contributed by atoms with E-state index in [1.54, 1.807) is 0 Å². The molecule has 3 heteroatoms. The summed E-state index contributed by atoms with van der Waals surface area (Å²) < 4.78 is 0. The Hall–Kier alpha value is -2.68. The quantitative estimate of drug-likeness (QED) is 0.682. The summed E-state index contributed by atoms with van der Waals surface area (Å²) in [7, 11) is 0. The molecule has 1 aliphatic rings. The van der Waals surface area contributed by atoms with Crippen molar-refractivity contribution < 1.29 is 5.11 Å². The number of phenolic OH excluding ortho intramolecular Hbond substituents is 1. The highest BCUT2D eigenvalue weighted by atomic mass is 16.3. The fraction of sp³-hybridized carbons (Fsp3) is 0.360. The highest BCUT2D eigenvalue weighted by Gasteiger charge is 2.28. The standard InChI is InChI=1S/C25H30N2O/c1-15-10-9-11-17(12-15)21-16(2)26-23(27-21)18-13-19(24(3,4)5)22(28)20(14-18)25(6,7)8/h9-14,28H,2H2,1,3-8H3. The molecule has 3 nitrogen and oxygen atoms in total. The first-order valence-electron chi connectivity index (χ1n) is 9.70. The van der Waals surface area contributed by atoms with Gasteiger partial charge in [-0.05, 0) is 36.0 Å². The summed E-state index contributed by atoms with van der Waals surface area (Å²) >= 11 is 0. The Kier molecular flexibility index (Phi) is 4.82. The minimum absolute atomic E-state index is 0.195. The van der Waals surface area contributed by atoms with E-state index in [0.717, 1.165) is 28.0 Å². The SMILES string of the molecule is C=C1N=C(c2cc(C(C)(C)C)c(O)c(C(C)(C)C)c2)N=C1c1cccc(C)c1. The molecule has 0 atom stereocenters. The minimum atomic E-state index is -0.195. The predicted molar refractivity (Wildman–Crippen MR) is 119 cm³/mol. The molecule has 28 heavy (non-hydrogen) atoms. The van der Waals surface area contributed by atoms with Crippen molar-refractivity contribution >= 4 is 11.5 Å². The van der Waals surface area contributed by atoms with Gasteiger partial charge in [-0.15, -0.1) is 0 Å². The highest BCUT2D eigenvalue weighted by Crippen LogP contribution is 2.40. The zero-order chi connectivity index (χ0) is 20.9. The molecule has 0 radical (unpaired) electrons. The number of amidine groups is 1. The molecule has 1 N–H and O–H groups in total. The summed E-state index contributed by atoms with van der Waals surface area (Å²) in [6.45, 7) is 18.8. The van der Waals surface area contributed by atoms with Crippen LogP contribution >= 0.6 is 0 Å². The van der Waals surface area contributed by atoms with Gasteiger partial charge in [-0.25, -0.2) is 9.98 Å². The molecule has 0 saturated carbocycles. The lowest BCUT2D eigenvalue weighted by molar-refractivity contribution is 0.423. The number of benzene rings is 2. The van der Waals surface area contributed by atoms with Crippen molar-refractivity contribution in [2.24, 2.45) is 9.98 Å². The van der Waals surface area contributed by atoms with Crippen molar-refractivity contribution in [2.75, 3.05) is 0 Å². The van der Waals surface area contributed by atoms with Gasteiger partial charge >= 0.3 is 0 Å². The molecule has 0 aromatic heterocycles. The van der Waals surface area contributed by atoms with Crippen LogP contribution in [0, 0.1) is 6.92 Å². The van der Waals surface area contributed by atoms with Crippen LogP contribution in [0.2, 0.25) is 0 Å². The molecule has 2 aromatic carbocycles. The second-order valence-electron chi connectivity index (χ2n) is 9.63. The van der Waals surface area contributed by atoms with Gasteiger partial charge in [0, 0.05) is 22.3 Å². The van der Waals surface area contributed by atoms with Gasteiger partial charge in [0.15, 0.2) is 5.84 Å². The van der Waals surface area contributed by atoms with Crippen LogP contribution < -0.4 is 0 Å². The molecule has 0 spiro atoms. The van der Waals surface area contributed by atoms with Gasteiger partial charge < -0.3 is 5.11 Å². The van der Waals surface area contributed by atoms with Gasteiger partial charge in [-0.1, -0.05) is 71.9 Å². The zero-order valence-corrected chi connectivity index (χ0v) is 18.0. The Bertz CT molecular complexity index is 977. The van der Waals surface area contributed by atoms with Crippen molar-refractivity contribution in [1.29, 1.82) is 0 Å². The van der Waals surface area contributed by atoms with E-state index in [9.17, 15) is 5.11 Å². The number of aliphatic imine (C=N–C) groups is 2. The molecule has 0 bridgehead atoms. The average Bonchev–Trinajstić information content (AvgIpc) is 2.94. The number of aromatic hydroxyl groups is 1. The van der Waals surface area contributed by atoms with Gasteiger partial charge in [-0.3, -0.25) is 0 Å². The van der Waals surface area contributed by atoms with E-state index >= 15 is 0 Å². The third-order valence-corrected chi connectivity index (χ3v) is 5.01. The van der Waals surface area contributed by atoms with E-state index in [4.69, 9.17) is 4.99 Å². The highest BCUT2D eigenvalue weighted by molar-refractivity contribution is 6.24. The Morgan fingerprint density at radius 2 is 1.39 bits per heavy atom. The third-order valence-electron chi connectivity index (χ3n) is 5.01. The topological polar surface area (TPSA) is 45.0 Å². The van der Waals surface area contributed by atoms with Crippen LogP contribution in [-0.4, -0.2) is 16.7 Å². The summed E-state index contributed by atoms with van der Waals surface area (Å²) in [4.78, 5) is 9.47. The molecule has 0 amide bonds. The fourth-order valence-corrected chi connectivity index (χ4v) is 3.44. The van der Waals surface area contributed by atoms with Gasteiger partial charge in [0.25, 0.3) is 0 Å². The average molecular weight is 375 g/mol. The molecule has 0 aliphatic carbocycles. The van der Waals surface area contributed by atoms with Crippen molar-refractivity contribution in [3.05, 3.63) is 76.5 Å². The Balaban J connectivity index is 2.16. The van der Waals surface area contributed by atoms with E-state index in [-0.39, 0.29) is 10.8 Å². The number of allylic oxidation sites excluding steroid dienone is 1. The molecule has 2 aromatic rings. The first-order valence-corrected chi connectivity index (χ1v) is 9.70. The van der Waals surface area contributed by atoms with Crippen LogP contribution in [-0.2, 0) is 10.8 Å². The molecule has 3 rings (SSSR count). The summed E-state index contributed by atoms with van der Waals surface area (Å²) in [6.07, 6.45) is 0. The Labute approximate surface area is 168 Å². The van der Waals surface area contributed by atoms with Crippen molar-refractivity contribution in [1.82, 2.24) is 0 Å². The number of nitrogens with zero attached hydrogens (tertiary/aromatic N) is 2. The van der Waals surface area contributed by atoms with Gasteiger partial charge in [0.2, 0.25) is 0 Å². The maximum Gasteiger partial charge on any atom is 0.160 e. The number of phenols is 1. The predicted octanol–water partition coefficient (Wildman–Crippen LogP) is 6.06. The maximum atomic E-state index is 10.9. The summed E-state index contributed by atoms with van der Waals surface area (Å²) in [5.41, 5.74) is 6.01. The van der Waals surface area contributed by atoms with Gasteiger partial charge in [0.1, 0.15) is 5.75 Å². The zero-order valence-electron chi connectivity index (χ0n) is 18.0. The molecule has 1 heterocycles. The number of hydrogen-bond acceptors (Lipinski definition) is 3. The van der Waals surface area contributed by atoms with Crippen molar-refractivity contribution in [2.45, 2.75) is 59.3 Å². The van der Waals surface area contributed by atoms with Crippen molar-refractivity contribution in [3.8, 4) is 5.75 Å². The molecule has 0 fully saturated rings. The molecule has 0 saturated heterocycles. The van der Waals surface area contributed by atoms with Crippen LogP contribution in [0.5, 0.6) is 5.75 Å². The number of rotatable bonds is 2. The monoisotopic (exact) mass is 374 g/mol. The lowest BCUT2D eigenvalue weighted by atomic mass is 9.78. The van der Waals surface area contributed by atoms with Gasteiger partial charge in [0.05, 0.1) is 11.4 Å². The second kappa shape index (κ2) is 6.73. The summed E-state index contributed by atoms with van der Waals surface area (Å²) in [5, 5.41) is 10.9. The Morgan fingerprint density at radius 1 is 0.821 bits per heavy atom. The lowest BCUT2D eigenvalue weighted by Gasteiger charge is -2.28. The van der Waals surface area contributed by atoms with E-state index < -0.39 is 0 Å². The maximum absolute atomic E-state index is 10.9. The van der Waals surface area contributed by atoms with Crippen LogP contribution in [0.3, 0.4) is 0 Å². The molecular weight excluding hydrogens is 344 g/mol. The van der Waals surface area contributed by atoms with E-state index in [1.165, 1.54) is 5.56 Å². The summed E-state index contributed by atoms with van der Waals surface area (Å²) in [6, 6.07) is 12.2. The fourth-order valence-electron chi connectivity index (χ4n) is 3.44. The van der Waals surface area contributed by atoms with E-state index in [0.29, 0.717) is 17.3 Å². The molecule has 146 valence electrons. The first kappa shape index (κ1) is 20.1. The smallest absolute Gasteiger partial charge is 0.160 e. The first-order chi connectivity index (χ1) is 12.9. The number of aryl methyl sites for hydroxylation is 1. The molecule has 0 unspecified atom stereocenters. The van der Waals surface area contributed by atoms with Crippen LogP contribution in [0.1, 0.15) is 69.4 Å². The molecule has 1 aliphatic heterocycles. The van der Waals surface area contributed by atoms with Gasteiger partial charge in [-0.2, -0.15) is 0 Å². The van der Waals surface area contributed by atoms with Crippen LogP contribution in [0.25, 0.3) is 0 Å². The minimum Gasteiger partial charge on any atom is -0.507 e. The van der Waals surface area contributed by atoms with Crippen LogP contribution in [0.15, 0.2) is 58.7 Å². The Morgan fingerprint density at radius 3 is 1.89 bits per heavy atom. The number of hydrogen-bond donors (Lipinski definition) is 1. The second-order valence-corrected chi connectivity index (χ2v) is 9.63. The lowest BCUT2D eigenvalue weighted by Crippen LogP contribution is -2.18. The normalized spacial score (nSPS) is 14.9. The summed E-state index contributed by atoms with van der Waals surface area (Å²) in [5.74, 6) is 1.02.